The Labute approximate surface area is 198 Å². The number of carbonyl (C=O) groups excluding carboxylic acids is 3. The van der Waals surface area contributed by atoms with E-state index in [2.05, 4.69) is 0 Å². The van der Waals surface area contributed by atoms with Crippen molar-refractivity contribution >= 4 is 17.9 Å². The highest BCUT2D eigenvalue weighted by Crippen LogP contribution is 2.65. The summed E-state index contributed by atoms with van der Waals surface area (Å²) in [6.45, 7) is 8.89. The van der Waals surface area contributed by atoms with Crippen molar-refractivity contribution < 1.29 is 48.7 Å². The van der Waals surface area contributed by atoms with E-state index in [1.54, 1.807) is 13.0 Å². The van der Waals surface area contributed by atoms with Crippen molar-refractivity contribution in [3.05, 3.63) is 11.6 Å². The van der Waals surface area contributed by atoms with Crippen molar-refractivity contribution in [2.45, 2.75) is 108 Å². The molecular weight excluding hydrogens is 448 g/mol. The quantitative estimate of drug-likeness (QED) is 0.220. The summed E-state index contributed by atoms with van der Waals surface area (Å²) >= 11 is 0. The van der Waals surface area contributed by atoms with E-state index in [0.717, 1.165) is 5.57 Å². The van der Waals surface area contributed by atoms with Crippen LogP contribution >= 0.6 is 0 Å². The van der Waals surface area contributed by atoms with E-state index in [-0.39, 0.29) is 12.8 Å². The summed E-state index contributed by atoms with van der Waals surface area (Å²) in [6.07, 6.45) is -3.46. The molecule has 1 spiro atoms. The van der Waals surface area contributed by atoms with Gasteiger partial charge in [-0.15, -0.1) is 0 Å². The van der Waals surface area contributed by atoms with Gasteiger partial charge >= 0.3 is 17.9 Å². The molecule has 10 heteroatoms. The second-order valence-electron chi connectivity index (χ2n) is 10.8. The van der Waals surface area contributed by atoms with Crippen LogP contribution in [0.3, 0.4) is 0 Å². The molecule has 10 nitrogen and oxygen atoms in total. The third kappa shape index (κ3) is 3.26. The zero-order valence-corrected chi connectivity index (χ0v) is 20.4. The molecule has 3 fully saturated rings. The van der Waals surface area contributed by atoms with Crippen LogP contribution in [0.4, 0.5) is 0 Å². The number of esters is 3. The number of ether oxygens (including phenoxy) is 4. The lowest BCUT2D eigenvalue weighted by Crippen LogP contribution is -2.71. The van der Waals surface area contributed by atoms with Gasteiger partial charge in [-0.3, -0.25) is 9.59 Å². The Morgan fingerprint density at radius 1 is 1.09 bits per heavy atom. The molecule has 2 aliphatic heterocycles. The molecule has 1 saturated carbocycles. The van der Waals surface area contributed by atoms with Crippen LogP contribution in [0, 0.1) is 11.3 Å². The maximum absolute atomic E-state index is 12.7. The summed E-state index contributed by atoms with van der Waals surface area (Å²) in [5.41, 5.74) is -5.43. The standard InChI is InChI=1S/C24H34O10/c1-11-7-8-15(31-12(2)25)21(4)16(32-13(3)26)10-14(27)22(5,30)18(21)19(28)24-17(9-11)33-20(29)23(24,6)34-24/h9,14-19,27-28,30H,7-8,10H2,1-6H3. The second-order valence-corrected chi connectivity index (χ2v) is 10.8. The van der Waals surface area contributed by atoms with E-state index in [1.165, 1.54) is 27.7 Å². The predicted octanol–water partition coefficient (Wildman–Crippen LogP) is 0.542. The first-order chi connectivity index (χ1) is 15.6. The van der Waals surface area contributed by atoms with Crippen molar-refractivity contribution in [2.75, 3.05) is 0 Å². The normalized spacial score (nSPS) is 50.0. The predicted molar refractivity (Wildman–Crippen MR) is 115 cm³/mol. The number of epoxide rings is 1. The fourth-order valence-electron chi connectivity index (χ4n) is 6.65. The van der Waals surface area contributed by atoms with Gasteiger partial charge in [0.25, 0.3) is 0 Å². The number of hydrogen-bond acceptors (Lipinski definition) is 10. The Morgan fingerprint density at radius 2 is 1.68 bits per heavy atom. The molecule has 2 saturated heterocycles. The molecule has 34 heavy (non-hydrogen) atoms. The van der Waals surface area contributed by atoms with Gasteiger partial charge in [-0.1, -0.05) is 12.5 Å². The van der Waals surface area contributed by atoms with Gasteiger partial charge in [-0.05, 0) is 39.7 Å². The van der Waals surface area contributed by atoms with Crippen LogP contribution in [0.2, 0.25) is 0 Å². The third-order valence-corrected chi connectivity index (χ3v) is 8.53. The maximum Gasteiger partial charge on any atom is 0.342 e. The van der Waals surface area contributed by atoms with Crippen LogP contribution in [0.25, 0.3) is 0 Å². The largest absolute Gasteiger partial charge is 0.462 e. The Kier molecular flexibility index (Phi) is 5.72. The Morgan fingerprint density at radius 3 is 2.24 bits per heavy atom. The first kappa shape index (κ1) is 25.1. The van der Waals surface area contributed by atoms with Crippen LogP contribution in [0.5, 0.6) is 0 Å². The number of aliphatic hydroxyl groups is 3. The summed E-state index contributed by atoms with van der Waals surface area (Å²) in [5.74, 6) is -3.06. The molecule has 0 radical (unpaired) electrons. The average molecular weight is 483 g/mol. The second kappa shape index (κ2) is 7.74. The minimum atomic E-state index is -1.92. The minimum Gasteiger partial charge on any atom is -0.462 e. The number of rotatable bonds is 2. The molecule has 10 atom stereocenters. The van der Waals surface area contributed by atoms with Crippen molar-refractivity contribution in [1.29, 1.82) is 0 Å². The molecule has 4 aliphatic rings. The molecule has 0 aromatic rings. The molecule has 2 heterocycles. The number of hydrogen-bond donors (Lipinski definition) is 3. The van der Waals surface area contributed by atoms with E-state index in [1.807, 2.05) is 6.92 Å². The molecular formula is C24H34O10. The van der Waals surface area contributed by atoms with E-state index in [0.29, 0.717) is 6.42 Å². The van der Waals surface area contributed by atoms with Crippen LogP contribution in [0.15, 0.2) is 11.6 Å². The van der Waals surface area contributed by atoms with Gasteiger partial charge in [0, 0.05) is 31.6 Å². The van der Waals surface area contributed by atoms with E-state index >= 15 is 0 Å². The highest BCUT2D eigenvalue weighted by molar-refractivity contribution is 5.88. The fraction of sp³-hybridized carbons (Fsp3) is 0.792. The van der Waals surface area contributed by atoms with Gasteiger partial charge in [0.1, 0.15) is 12.2 Å². The molecule has 190 valence electrons. The Hall–Kier alpha value is -2.01. The topological polar surface area (TPSA) is 152 Å². The SMILES string of the molecule is CC(=O)OC1CCC(C)=CC2OC(=O)C3(C)OC23C(O)C2C(C)(O)C(O)CC(OC(C)=O)C12C. The van der Waals surface area contributed by atoms with E-state index < -0.39 is 76.6 Å². The van der Waals surface area contributed by atoms with Crippen molar-refractivity contribution in [3.63, 3.8) is 0 Å². The molecule has 10 unspecified atom stereocenters. The van der Waals surface area contributed by atoms with Gasteiger partial charge in [-0.25, -0.2) is 4.79 Å². The van der Waals surface area contributed by atoms with Gasteiger partial charge in [-0.2, -0.15) is 0 Å². The maximum atomic E-state index is 12.7. The monoisotopic (exact) mass is 482 g/mol. The Balaban J connectivity index is 1.95. The molecule has 0 bridgehead atoms. The van der Waals surface area contributed by atoms with Gasteiger partial charge in [0.15, 0.2) is 17.3 Å². The van der Waals surface area contributed by atoms with Crippen LogP contribution in [-0.2, 0) is 33.3 Å². The molecule has 0 amide bonds. The summed E-state index contributed by atoms with van der Waals surface area (Å²) in [4.78, 5) is 36.9. The fourth-order valence-corrected chi connectivity index (χ4v) is 6.65. The molecule has 4 rings (SSSR count). The van der Waals surface area contributed by atoms with E-state index in [4.69, 9.17) is 18.9 Å². The lowest BCUT2D eigenvalue weighted by molar-refractivity contribution is -0.271. The van der Waals surface area contributed by atoms with Crippen molar-refractivity contribution in [2.24, 2.45) is 11.3 Å². The zero-order valence-electron chi connectivity index (χ0n) is 20.4. The lowest BCUT2D eigenvalue weighted by atomic mass is 9.51. The molecule has 0 aromatic heterocycles. The number of carbonyl (C=O) groups is 3. The van der Waals surface area contributed by atoms with Crippen LogP contribution in [-0.4, -0.2) is 80.6 Å². The minimum absolute atomic E-state index is 0.136. The highest BCUT2D eigenvalue weighted by atomic mass is 16.7. The van der Waals surface area contributed by atoms with Gasteiger partial charge < -0.3 is 34.3 Å². The van der Waals surface area contributed by atoms with Crippen LogP contribution in [0.1, 0.15) is 60.8 Å². The number of allylic oxidation sites excluding steroid dienone is 1. The lowest BCUT2D eigenvalue weighted by Gasteiger charge is -2.59. The van der Waals surface area contributed by atoms with Gasteiger partial charge in [0.05, 0.1) is 17.8 Å². The van der Waals surface area contributed by atoms with Crippen molar-refractivity contribution in [1.82, 2.24) is 0 Å². The van der Waals surface area contributed by atoms with E-state index in [9.17, 15) is 29.7 Å². The molecule has 2 aliphatic carbocycles. The zero-order chi connectivity index (χ0) is 25.4. The summed E-state index contributed by atoms with van der Waals surface area (Å²) < 4.78 is 22.8. The van der Waals surface area contributed by atoms with Crippen LogP contribution < -0.4 is 0 Å². The highest BCUT2D eigenvalue weighted by Gasteiger charge is 2.87. The number of fused-ring (bicyclic) bond motifs is 1. The van der Waals surface area contributed by atoms with Gasteiger partial charge in [0.2, 0.25) is 0 Å². The summed E-state index contributed by atoms with van der Waals surface area (Å²) in [7, 11) is 0. The summed E-state index contributed by atoms with van der Waals surface area (Å²) in [5, 5.41) is 34.5. The first-order valence-corrected chi connectivity index (χ1v) is 11.6. The third-order valence-electron chi connectivity index (χ3n) is 8.53. The summed E-state index contributed by atoms with van der Waals surface area (Å²) in [6, 6.07) is 0. The Bertz CT molecular complexity index is 942. The van der Waals surface area contributed by atoms with Crippen molar-refractivity contribution in [3.8, 4) is 0 Å². The number of aliphatic hydroxyl groups excluding tert-OH is 2. The molecule has 3 N–H and O–H groups in total. The average Bonchev–Trinajstić information content (AvgIpc) is 3.30. The smallest absolute Gasteiger partial charge is 0.342 e. The molecule has 0 aromatic carbocycles. The first-order valence-electron chi connectivity index (χ1n) is 11.6.